The topological polar surface area (TPSA) is 140 Å². The molecule has 0 saturated heterocycles. The van der Waals surface area contributed by atoms with Crippen LogP contribution in [-0.4, -0.2) is 39.0 Å². The number of hydrogen-bond donors (Lipinski definition) is 2. The average Bonchev–Trinajstić information content (AvgIpc) is 2.98. The first-order valence-electron chi connectivity index (χ1n) is 12.5. The quantitative estimate of drug-likeness (QED) is 0.106. The van der Waals surface area contributed by atoms with Crippen molar-refractivity contribution in [1.82, 2.24) is 10.1 Å². The third-order valence-electron chi connectivity index (χ3n) is 5.70. The molecule has 0 heterocycles. The van der Waals surface area contributed by atoms with Crippen molar-refractivity contribution in [2.24, 2.45) is 5.10 Å². The number of benzene rings is 4. The summed E-state index contributed by atoms with van der Waals surface area (Å²) in [6, 6.07) is 22.4. The average molecular weight is 641 g/mol. The largest absolute Gasteiger partial charge is 0.423 e. The fourth-order valence-electron chi connectivity index (χ4n) is 3.44. The molecule has 10 nitrogen and oxygen atoms in total. The maximum atomic E-state index is 12.8. The first-order valence-corrected chi connectivity index (χ1v) is 14.7. The fourth-order valence-corrected chi connectivity index (χ4v) is 4.68. The van der Waals surface area contributed by atoms with E-state index < -0.39 is 34.4 Å². The number of carbonyl (C=O) groups is 3. The monoisotopic (exact) mass is 639 g/mol. The van der Waals surface area contributed by atoms with Crippen LogP contribution in [0.5, 0.6) is 11.5 Å². The zero-order valence-corrected chi connectivity index (χ0v) is 24.7. The lowest BCUT2D eigenvalue weighted by molar-refractivity contribution is -0.119. The lowest BCUT2D eigenvalue weighted by atomic mass is 10.2. The van der Waals surface area contributed by atoms with Gasteiger partial charge in [0.15, 0.2) is 0 Å². The lowest BCUT2D eigenvalue weighted by Crippen LogP contribution is -2.34. The molecule has 4 aromatic rings. The molecule has 0 aliphatic heterocycles. The molecular formula is C30H23Cl2N3O7S. The van der Waals surface area contributed by atoms with Gasteiger partial charge >= 0.3 is 11.9 Å². The minimum absolute atomic E-state index is 0.0124. The molecule has 0 unspecified atom stereocenters. The highest BCUT2D eigenvalue weighted by atomic mass is 35.5. The number of aryl methyl sites for hydroxylation is 1. The van der Waals surface area contributed by atoms with Crippen LogP contribution in [-0.2, 0) is 14.8 Å². The van der Waals surface area contributed by atoms with Crippen LogP contribution in [0.15, 0.2) is 101 Å². The molecule has 4 aromatic carbocycles. The van der Waals surface area contributed by atoms with Crippen molar-refractivity contribution in [2.75, 3.05) is 6.54 Å². The summed E-state index contributed by atoms with van der Waals surface area (Å²) in [4.78, 5) is 37.6. The van der Waals surface area contributed by atoms with Gasteiger partial charge in [-0.05, 0) is 79.7 Å². The summed E-state index contributed by atoms with van der Waals surface area (Å²) in [5.74, 6) is -2.14. The molecule has 0 atom stereocenters. The van der Waals surface area contributed by atoms with Gasteiger partial charge in [-0.1, -0.05) is 40.9 Å². The molecule has 0 radical (unpaired) electrons. The van der Waals surface area contributed by atoms with E-state index in [9.17, 15) is 22.8 Å². The van der Waals surface area contributed by atoms with Crippen LogP contribution in [0.4, 0.5) is 0 Å². The summed E-state index contributed by atoms with van der Waals surface area (Å²) in [6.07, 6.45) is 1.18. The zero-order chi connectivity index (χ0) is 31.0. The molecule has 0 fully saturated rings. The summed E-state index contributed by atoms with van der Waals surface area (Å²) >= 11 is 11.8. The molecule has 4 rings (SSSR count). The molecule has 1 amide bonds. The molecular weight excluding hydrogens is 617 g/mol. The molecule has 0 spiro atoms. The van der Waals surface area contributed by atoms with E-state index in [0.29, 0.717) is 10.0 Å². The number of rotatable bonds is 10. The Morgan fingerprint density at radius 1 is 0.791 bits per heavy atom. The van der Waals surface area contributed by atoms with Gasteiger partial charge in [0, 0.05) is 21.7 Å². The molecule has 0 saturated carbocycles. The first kappa shape index (κ1) is 31.4. The van der Waals surface area contributed by atoms with E-state index in [1.807, 2.05) is 6.92 Å². The number of hydrogen-bond acceptors (Lipinski definition) is 8. The summed E-state index contributed by atoms with van der Waals surface area (Å²) in [5, 5.41) is 4.72. The number of amides is 1. The van der Waals surface area contributed by atoms with Crippen molar-refractivity contribution in [3.8, 4) is 11.5 Å². The van der Waals surface area contributed by atoms with E-state index in [4.69, 9.17) is 32.7 Å². The molecule has 43 heavy (non-hydrogen) atoms. The normalized spacial score (nSPS) is 11.2. The highest BCUT2D eigenvalue weighted by Gasteiger charge is 2.17. The number of carbonyl (C=O) groups excluding carboxylic acids is 3. The predicted molar refractivity (Wildman–Crippen MR) is 161 cm³/mol. The number of ether oxygens (including phenoxy) is 2. The Bertz CT molecular complexity index is 1780. The van der Waals surface area contributed by atoms with Gasteiger partial charge in [0.25, 0.3) is 5.91 Å². The SMILES string of the molecule is Cc1ccc(S(=O)(=O)NCC(=O)N/N=C/c2ccc(OC(=O)c3ccc(Cl)cc3)cc2OC(=O)c2ccc(Cl)cc2)cc1. The lowest BCUT2D eigenvalue weighted by Gasteiger charge is -2.11. The van der Waals surface area contributed by atoms with Crippen LogP contribution >= 0.6 is 23.2 Å². The van der Waals surface area contributed by atoms with Crippen LogP contribution < -0.4 is 19.6 Å². The van der Waals surface area contributed by atoms with Crippen molar-refractivity contribution in [3.63, 3.8) is 0 Å². The number of sulfonamides is 1. The van der Waals surface area contributed by atoms with Gasteiger partial charge in [-0.15, -0.1) is 0 Å². The third kappa shape index (κ3) is 8.97. The van der Waals surface area contributed by atoms with E-state index >= 15 is 0 Å². The number of esters is 2. The summed E-state index contributed by atoms with van der Waals surface area (Å²) in [5.41, 5.74) is 3.77. The fraction of sp³-hybridized carbons (Fsp3) is 0.0667. The molecule has 2 N–H and O–H groups in total. The van der Waals surface area contributed by atoms with Gasteiger partial charge in [0.1, 0.15) is 11.5 Å². The minimum atomic E-state index is -3.91. The smallest absolute Gasteiger partial charge is 0.343 e. The van der Waals surface area contributed by atoms with Crippen molar-refractivity contribution in [3.05, 3.63) is 123 Å². The number of nitrogens with one attached hydrogen (secondary N) is 2. The Hall–Kier alpha value is -4.55. The van der Waals surface area contributed by atoms with Gasteiger partial charge in [0.2, 0.25) is 10.0 Å². The molecule has 220 valence electrons. The van der Waals surface area contributed by atoms with Crippen LogP contribution in [0.25, 0.3) is 0 Å². The van der Waals surface area contributed by atoms with Crippen molar-refractivity contribution in [1.29, 1.82) is 0 Å². The van der Waals surface area contributed by atoms with Gasteiger partial charge < -0.3 is 9.47 Å². The maximum Gasteiger partial charge on any atom is 0.343 e. The Kier molecular flexibility index (Phi) is 10.3. The minimum Gasteiger partial charge on any atom is -0.423 e. The van der Waals surface area contributed by atoms with Crippen LogP contribution in [0, 0.1) is 6.92 Å². The van der Waals surface area contributed by atoms with Crippen LogP contribution in [0.1, 0.15) is 31.8 Å². The standard InChI is InChI=1S/C30H23Cl2N3O7S/c1-19-2-14-26(15-3-19)43(39,40)34-18-28(36)35-33-17-22-8-13-25(41-29(37)20-4-9-23(31)10-5-20)16-27(22)42-30(38)21-6-11-24(32)12-7-21/h2-17,34H,18H2,1H3,(H,35,36)/b33-17+. The van der Waals surface area contributed by atoms with E-state index in [1.165, 1.54) is 72.9 Å². The van der Waals surface area contributed by atoms with Gasteiger partial charge in [-0.25, -0.2) is 28.2 Å². The van der Waals surface area contributed by atoms with E-state index in [0.717, 1.165) is 5.56 Å². The summed E-state index contributed by atoms with van der Waals surface area (Å²) in [7, 11) is -3.91. The van der Waals surface area contributed by atoms with Crippen molar-refractivity contribution in [2.45, 2.75) is 11.8 Å². The highest BCUT2D eigenvalue weighted by molar-refractivity contribution is 7.89. The molecule has 0 aliphatic carbocycles. The Morgan fingerprint density at radius 2 is 1.35 bits per heavy atom. The second-order valence-corrected chi connectivity index (χ2v) is 11.6. The Labute approximate surface area is 257 Å². The third-order valence-corrected chi connectivity index (χ3v) is 7.63. The van der Waals surface area contributed by atoms with Crippen LogP contribution in [0.2, 0.25) is 10.0 Å². The van der Waals surface area contributed by atoms with E-state index in [-0.39, 0.29) is 33.1 Å². The summed E-state index contributed by atoms with van der Waals surface area (Å²) in [6.45, 7) is 1.24. The van der Waals surface area contributed by atoms with E-state index in [2.05, 4.69) is 15.2 Å². The Morgan fingerprint density at radius 3 is 1.93 bits per heavy atom. The number of hydrazone groups is 1. The number of halogens is 2. The van der Waals surface area contributed by atoms with Crippen molar-refractivity contribution < 1.29 is 32.3 Å². The molecule has 0 bridgehead atoms. The second kappa shape index (κ2) is 14.1. The summed E-state index contributed by atoms with van der Waals surface area (Å²) < 4.78 is 38.0. The first-order chi connectivity index (χ1) is 20.5. The number of nitrogens with zero attached hydrogens (tertiary/aromatic N) is 1. The van der Waals surface area contributed by atoms with Gasteiger partial charge in [-0.3, -0.25) is 4.79 Å². The predicted octanol–water partition coefficient (Wildman–Crippen LogP) is 5.17. The Balaban J connectivity index is 1.47. The molecule has 0 aliphatic rings. The van der Waals surface area contributed by atoms with Crippen LogP contribution in [0.3, 0.4) is 0 Å². The second-order valence-electron chi connectivity index (χ2n) is 8.92. The maximum absolute atomic E-state index is 12.8. The highest BCUT2D eigenvalue weighted by Crippen LogP contribution is 2.26. The van der Waals surface area contributed by atoms with Gasteiger partial charge in [-0.2, -0.15) is 5.10 Å². The molecule has 13 heteroatoms. The van der Waals surface area contributed by atoms with Crippen molar-refractivity contribution >= 4 is 57.3 Å². The van der Waals surface area contributed by atoms with E-state index in [1.54, 1.807) is 24.3 Å². The van der Waals surface area contributed by atoms with Gasteiger partial charge in [0.05, 0.1) is 28.8 Å². The zero-order valence-electron chi connectivity index (χ0n) is 22.4. The molecule has 0 aromatic heterocycles.